The Bertz CT molecular complexity index is 394. The fraction of sp³-hybridized carbons (Fsp3) is 0.417. The van der Waals surface area contributed by atoms with E-state index in [0.29, 0.717) is 6.42 Å². The quantitative estimate of drug-likeness (QED) is 0.703. The molecule has 94 valence electrons. The first-order chi connectivity index (χ1) is 8.12. The molecule has 0 bridgehead atoms. The Morgan fingerprint density at radius 3 is 2.29 bits per heavy atom. The third-order valence-corrected chi connectivity index (χ3v) is 4.28. The third kappa shape index (κ3) is 4.08. The molecule has 0 aliphatic heterocycles. The van der Waals surface area contributed by atoms with Crippen molar-refractivity contribution in [1.29, 1.82) is 0 Å². The first-order valence-corrected chi connectivity index (χ1v) is 6.95. The van der Waals surface area contributed by atoms with Gasteiger partial charge in [0.1, 0.15) is 0 Å². The van der Waals surface area contributed by atoms with Gasteiger partial charge in [0.15, 0.2) is 0 Å². The maximum absolute atomic E-state index is 11.7. The second kappa shape index (κ2) is 6.70. The molecule has 0 saturated heterocycles. The zero-order valence-electron chi connectivity index (χ0n) is 10.1. The van der Waals surface area contributed by atoms with Crippen molar-refractivity contribution in [3.05, 3.63) is 35.9 Å². The van der Waals surface area contributed by atoms with Gasteiger partial charge in [0, 0.05) is 20.6 Å². The van der Waals surface area contributed by atoms with Crippen LogP contribution < -0.4 is 0 Å². The lowest BCUT2D eigenvalue weighted by Gasteiger charge is -2.11. The SMILES string of the molecule is COP(=O)(OC)C(=O)CCCc1ccccc1. The molecule has 0 unspecified atom stereocenters. The molecule has 0 aliphatic rings. The van der Waals surface area contributed by atoms with Gasteiger partial charge in [-0.15, -0.1) is 0 Å². The summed E-state index contributed by atoms with van der Waals surface area (Å²) in [5.74, 6) is 0. The number of carbonyl (C=O) groups excluding carboxylic acids is 1. The minimum atomic E-state index is -3.53. The molecule has 4 nitrogen and oxygen atoms in total. The van der Waals surface area contributed by atoms with Gasteiger partial charge in [-0.1, -0.05) is 30.3 Å². The molecule has 0 spiro atoms. The molecule has 0 heterocycles. The van der Waals surface area contributed by atoms with Crippen molar-refractivity contribution < 1.29 is 18.4 Å². The van der Waals surface area contributed by atoms with Crippen molar-refractivity contribution in [2.75, 3.05) is 14.2 Å². The van der Waals surface area contributed by atoms with E-state index in [1.54, 1.807) is 0 Å². The summed E-state index contributed by atoms with van der Waals surface area (Å²) >= 11 is 0. The Morgan fingerprint density at radius 2 is 1.76 bits per heavy atom. The molecule has 0 aliphatic carbocycles. The highest BCUT2D eigenvalue weighted by atomic mass is 31.2. The maximum Gasteiger partial charge on any atom is 0.396 e. The van der Waals surface area contributed by atoms with Crippen LogP contribution in [-0.4, -0.2) is 19.7 Å². The van der Waals surface area contributed by atoms with Crippen LogP contribution in [0.1, 0.15) is 18.4 Å². The number of benzene rings is 1. The van der Waals surface area contributed by atoms with Gasteiger partial charge >= 0.3 is 7.60 Å². The van der Waals surface area contributed by atoms with Crippen LogP contribution in [0.3, 0.4) is 0 Å². The van der Waals surface area contributed by atoms with Crippen LogP contribution in [0.25, 0.3) is 0 Å². The molecule has 0 radical (unpaired) electrons. The van der Waals surface area contributed by atoms with Crippen molar-refractivity contribution in [3.8, 4) is 0 Å². The summed E-state index contributed by atoms with van der Waals surface area (Å²) in [6.45, 7) is 0. The van der Waals surface area contributed by atoms with Gasteiger partial charge < -0.3 is 9.05 Å². The average Bonchev–Trinajstić information content (AvgIpc) is 2.39. The van der Waals surface area contributed by atoms with Crippen LogP contribution in [0.5, 0.6) is 0 Å². The van der Waals surface area contributed by atoms with Gasteiger partial charge in [-0.05, 0) is 18.4 Å². The standard InChI is InChI=1S/C12H17O4P/c1-15-17(14,16-2)12(13)10-6-9-11-7-4-3-5-8-11/h3-5,7-8H,6,9-10H2,1-2H3. The van der Waals surface area contributed by atoms with Crippen LogP contribution in [0, 0.1) is 0 Å². The molecule has 0 N–H and O–H groups in total. The first-order valence-electron chi connectivity index (χ1n) is 5.41. The topological polar surface area (TPSA) is 52.6 Å². The van der Waals surface area contributed by atoms with Crippen molar-refractivity contribution >= 4 is 13.1 Å². The van der Waals surface area contributed by atoms with Crippen molar-refractivity contribution in [3.63, 3.8) is 0 Å². The molecule has 1 rings (SSSR count). The fourth-order valence-electron chi connectivity index (χ4n) is 1.50. The number of hydrogen-bond acceptors (Lipinski definition) is 4. The van der Waals surface area contributed by atoms with Crippen molar-refractivity contribution in [1.82, 2.24) is 0 Å². The van der Waals surface area contributed by atoms with E-state index in [1.807, 2.05) is 30.3 Å². The fourth-order valence-corrected chi connectivity index (χ4v) is 2.49. The van der Waals surface area contributed by atoms with Crippen LogP contribution in [0.2, 0.25) is 0 Å². The van der Waals surface area contributed by atoms with Crippen molar-refractivity contribution in [2.45, 2.75) is 19.3 Å². The molecule has 0 aromatic heterocycles. The molecular formula is C12H17O4P. The van der Waals surface area contributed by atoms with Crippen LogP contribution in [-0.2, 0) is 24.8 Å². The summed E-state index contributed by atoms with van der Waals surface area (Å²) in [6.07, 6.45) is 1.62. The van der Waals surface area contributed by atoms with E-state index in [1.165, 1.54) is 14.2 Å². The molecule has 0 amide bonds. The van der Waals surface area contributed by atoms with E-state index in [2.05, 4.69) is 9.05 Å². The molecule has 17 heavy (non-hydrogen) atoms. The lowest BCUT2D eigenvalue weighted by atomic mass is 10.1. The monoisotopic (exact) mass is 256 g/mol. The largest absolute Gasteiger partial charge is 0.396 e. The van der Waals surface area contributed by atoms with Gasteiger partial charge in [-0.2, -0.15) is 0 Å². The molecular weight excluding hydrogens is 239 g/mol. The molecule has 1 aromatic rings. The zero-order valence-corrected chi connectivity index (χ0v) is 11.0. The summed E-state index contributed by atoms with van der Waals surface area (Å²) in [4.78, 5) is 11.6. The summed E-state index contributed by atoms with van der Waals surface area (Å²) in [7, 11) is -1.09. The average molecular weight is 256 g/mol. The normalized spacial score (nSPS) is 11.4. The first kappa shape index (κ1) is 14.1. The predicted molar refractivity (Wildman–Crippen MR) is 66.0 cm³/mol. The summed E-state index contributed by atoms with van der Waals surface area (Å²) < 4.78 is 21.0. The highest BCUT2D eigenvalue weighted by Crippen LogP contribution is 2.48. The van der Waals surface area contributed by atoms with E-state index in [9.17, 15) is 9.36 Å². The summed E-state index contributed by atoms with van der Waals surface area (Å²) in [6, 6.07) is 9.84. The summed E-state index contributed by atoms with van der Waals surface area (Å²) in [5.41, 5.74) is 0.698. The number of rotatable bonds is 7. The maximum atomic E-state index is 11.7. The molecule has 1 aromatic carbocycles. The molecule has 0 fully saturated rings. The van der Waals surface area contributed by atoms with E-state index in [-0.39, 0.29) is 6.42 Å². The third-order valence-electron chi connectivity index (χ3n) is 2.49. The smallest absolute Gasteiger partial charge is 0.307 e. The van der Waals surface area contributed by atoms with E-state index < -0.39 is 13.1 Å². The number of aryl methyl sites for hydroxylation is 1. The Labute approximate surface area is 101 Å². The lowest BCUT2D eigenvalue weighted by Crippen LogP contribution is -2.04. The number of carbonyl (C=O) groups is 1. The van der Waals surface area contributed by atoms with Gasteiger partial charge in [-0.25, -0.2) is 0 Å². The van der Waals surface area contributed by atoms with Gasteiger partial charge in [0.25, 0.3) is 0 Å². The van der Waals surface area contributed by atoms with Gasteiger partial charge in [-0.3, -0.25) is 9.36 Å². The molecule has 0 saturated carbocycles. The van der Waals surface area contributed by atoms with Crippen LogP contribution in [0.4, 0.5) is 0 Å². The Kier molecular flexibility index (Phi) is 5.56. The van der Waals surface area contributed by atoms with E-state index >= 15 is 0 Å². The molecule has 5 heteroatoms. The highest BCUT2D eigenvalue weighted by molar-refractivity contribution is 7.71. The number of hydrogen-bond donors (Lipinski definition) is 0. The van der Waals surface area contributed by atoms with Crippen LogP contribution >= 0.6 is 7.60 Å². The second-order valence-electron chi connectivity index (χ2n) is 3.60. The van der Waals surface area contributed by atoms with E-state index in [4.69, 9.17) is 0 Å². The van der Waals surface area contributed by atoms with E-state index in [0.717, 1.165) is 12.0 Å². The Balaban J connectivity index is 2.42. The minimum absolute atomic E-state index is 0.202. The highest BCUT2D eigenvalue weighted by Gasteiger charge is 2.30. The van der Waals surface area contributed by atoms with Crippen LogP contribution in [0.15, 0.2) is 30.3 Å². The second-order valence-corrected chi connectivity index (χ2v) is 5.82. The Morgan fingerprint density at radius 1 is 1.18 bits per heavy atom. The Hall–Kier alpha value is -0.960. The van der Waals surface area contributed by atoms with Gasteiger partial charge in [0.05, 0.1) is 0 Å². The summed E-state index contributed by atoms with van der Waals surface area (Å²) in [5, 5.41) is 0. The zero-order chi connectivity index (χ0) is 12.7. The predicted octanol–water partition coefficient (Wildman–Crippen LogP) is 3.02. The molecule has 0 atom stereocenters. The lowest BCUT2D eigenvalue weighted by molar-refractivity contribution is -0.113. The van der Waals surface area contributed by atoms with Gasteiger partial charge in [0.2, 0.25) is 5.52 Å². The van der Waals surface area contributed by atoms with Crippen molar-refractivity contribution in [2.24, 2.45) is 0 Å². The minimum Gasteiger partial charge on any atom is -0.307 e.